The normalized spacial score (nSPS) is 17.6. The highest BCUT2D eigenvalue weighted by Crippen LogP contribution is 2.34. The van der Waals surface area contributed by atoms with Crippen LogP contribution in [0.2, 0.25) is 0 Å². The summed E-state index contributed by atoms with van der Waals surface area (Å²) in [6, 6.07) is 18.5. The van der Waals surface area contributed by atoms with Gasteiger partial charge in [-0.1, -0.05) is 120 Å². The molecule has 0 radical (unpaired) electrons. The Bertz CT molecular complexity index is 1150. The van der Waals surface area contributed by atoms with Crippen LogP contribution in [0.15, 0.2) is 54.6 Å². The molecule has 190 valence electrons. The summed E-state index contributed by atoms with van der Waals surface area (Å²) >= 11 is 0. The number of halogens is 1. The van der Waals surface area contributed by atoms with E-state index in [1.54, 1.807) is 0 Å². The first-order valence-corrected chi connectivity index (χ1v) is 14.5. The van der Waals surface area contributed by atoms with Crippen LogP contribution in [0.3, 0.4) is 0 Å². The summed E-state index contributed by atoms with van der Waals surface area (Å²) in [4.78, 5) is 0. The maximum atomic E-state index is 15.1. The van der Waals surface area contributed by atoms with Crippen molar-refractivity contribution >= 4 is 10.8 Å². The van der Waals surface area contributed by atoms with Crippen molar-refractivity contribution in [2.45, 2.75) is 97.3 Å². The van der Waals surface area contributed by atoms with Gasteiger partial charge in [0.25, 0.3) is 0 Å². The molecule has 0 unspecified atom stereocenters. The molecule has 36 heavy (non-hydrogen) atoms. The fraction of sp³-hybridized carbons (Fsp3) is 0.486. The van der Waals surface area contributed by atoms with E-state index in [4.69, 9.17) is 0 Å². The van der Waals surface area contributed by atoms with Gasteiger partial charge in [0.1, 0.15) is 5.82 Å². The number of hydrogen-bond donors (Lipinski definition) is 0. The Morgan fingerprint density at radius 1 is 0.694 bits per heavy atom. The lowest BCUT2D eigenvalue weighted by molar-refractivity contribution is 0.249. The van der Waals surface area contributed by atoms with Crippen molar-refractivity contribution < 1.29 is 4.39 Å². The molecule has 1 saturated carbocycles. The summed E-state index contributed by atoms with van der Waals surface area (Å²) < 4.78 is 15.1. The highest BCUT2D eigenvalue weighted by molar-refractivity contribution is 5.85. The van der Waals surface area contributed by atoms with Crippen LogP contribution in [0.1, 0.15) is 107 Å². The van der Waals surface area contributed by atoms with E-state index in [9.17, 15) is 0 Å². The van der Waals surface area contributed by atoms with Crippen molar-refractivity contribution in [1.82, 2.24) is 0 Å². The first kappa shape index (κ1) is 26.5. The summed E-state index contributed by atoms with van der Waals surface area (Å²) in [6.45, 7) is 4.49. The summed E-state index contributed by atoms with van der Waals surface area (Å²) in [5, 5.41) is 1.62. The molecule has 0 nitrogen and oxygen atoms in total. The first-order chi connectivity index (χ1) is 17.7. The molecule has 3 aromatic rings. The Kier molecular flexibility index (Phi) is 10.0. The molecule has 0 spiro atoms. The average molecular weight is 483 g/mol. The second-order valence-electron chi connectivity index (χ2n) is 11.0. The zero-order valence-electron chi connectivity index (χ0n) is 22.4. The Labute approximate surface area is 218 Å². The van der Waals surface area contributed by atoms with Crippen LogP contribution in [-0.4, -0.2) is 0 Å². The molecule has 0 aromatic heterocycles. The highest BCUT2D eigenvalue weighted by atomic mass is 19.1. The third kappa shape index (κ3) is 7.46. The largest absolute Gasteiger partial charge is 0.205 e. The van der Waals surface area contributed by atoms with Crippen LogP contribution in [0.25, 0.3) is 10.8 Å². The molecule has 0 saturated heterocycles. The van der Waals surface area contributed by atoms with Crippen LogP contribution < -0.4 is 0 Å². The van der Waals surface area contributed by atoms with E-state index in [1.165, 1.54) is 75.3 Å². The molecule has 0 heterocycles. The standard InChI is InChI=1S/C35H43F/c1-3-5-7-9-27-10-12-28(13-11-27)14-15-29-16-18-30(19-17-29)20-22-32-23-24-33-26-31(8-6-4-2)21-25-34(33)35(32)36/h16-19,21,23-28H,3-15H2,1-2H3. The van der Waals surface area contributed by atoms with Gasteiger partial charge in [-0.3, -0.25) is 0 Å². The van der Waals surface area contributed by atoms with Gasteiger partial charge in [0.2, 0.25) is 0 Å². The Balaban J connectivity index is 1.30. The van der Waals surface area contributed by atoms with Crippen LogP contribution >= 0.6 is 0 Å². The lowest BCUT2D eigenvalue weighted by Crippen LogP contribution is -2.15. The zero-order chi connectivity index (χ0) is 25.2. The smallest absolute Gasteiger partial charge is 0.146 e. The molecular formula is C35H43F. The summed E-state index contributed by atoms with van der Waals surface area (Å²) in [7, 11) is 0. The van der Waals surface area contributed by atoms with Crippen LogP contribution in [-0.2, 0) is 12.8 Å². The van der Waals surface area contributed by atoms with Crippen molar-refractivity contribution in [2.24, 2.45) is 11.8 Å². The monoisotopic (exact) mass is 482 g/mol. The third-order valence-electron chi connectivity index (χ3n) is 8.16. The summed E-state index contributed by atoms with van der Waals surface area (Å²) in [5.41, 5.74) is 4.08. The minimum atomic E-state index is -0.209. The van der Waals surface area contributed by atoms with Gasteiger partial charge >= 0.3 is 0 Å². The number of benzene rings is 3. The minimum absolute atomic E-state index is 0.209. The van der Waals surface area contributed by atoms with Crippen molar-refractivity contribution in [3.05, 3.63) is 82.7 Å². The first-order valence-electron chi connectivity index (χ1n) is 14.5. The summed E-state index contributed by atoms with van der Waals surface area (Å²) in [5.74, 6) is 7.92. The quantitative estimate of drug-likeness (QED) is 0.199. The van der Waals surface area contributed by atoms with E-state index in [1.807, 2.05) is 18.2 Å². The molecule has 1 fully saturated rings. The Morgan fingerprint density at radius 2 is 1.39 bits per heavy atom. The van der Waals surface area contributed by atoms with Crippen LogP contribution in [0.5, 0.6) is 0 Å². The fourth-order valence-corrected chi connectivity index (χ4v) is 5.73. The van der Waals surface area contributed by atoms with Gasteiger partial charge in [0, 0.05) is 10.9 Å². The molecular weight excluding hydrogens is 439 g/mol. The molecule has 4 rings (SSSR count). The number of aryl methyl sites for hydroxylation is 2. The molecule has 0 atom stereocenters. The molecule has 0 bridgehead atoms. The summed E-state index contributed by atoms with van der Waals surface area (Å²) in [6.07, 6.45) is 17.1. The van der Waals surface area contributed by atoms with Crippen LogP contribution in [0, 0.1) is 29.5 Å². The maximum Gasteiger partial charge on any atom is 0.146 e. The molecule has 1 aliphatic rings. The van der Waals surface area contributed by atoms with Gasteiger partial charge < -0.3 is 0 Å². The maximum absolute atomic E-state index is 15.1. The number of rotatable bonds is 10. The van der Waals surface area contributed by atoms with Gasteiger partial charge in [-0.25, -0.2) is 4.39 Å². The molecule has 1 aliphatic carbocycles. The van der Waals surface area contributed by atoms with Gasteiger partial charge in [-0.2, -0.15) is 0 Å². The van der Waals surface area contributed by atoms with E-state index in [2.05, 4.69) is 62.1 Å². The SMILES string of the molecule is CCCCCC1CCC(CCc2ccc(C#Cc3ccc4cc(CCCC)ccc4c3F)cc2)CC1. The lowest BCUT2D eigenvalue weighted by atomic mass is 9.78. The van der Waals surface area contributed by atoms with Gasteiger partial charge in [0.15, 0.2) is 0 Å². The van der Waals surface area contributed by atoms with Gasteiger partial charge in [-0.05, 0) is 72.2 Å². The second-order valence-corrected chi connectivity index (χ2v) is 11.0. The topological polar surface area (TPSA) is 0 Å². The average Bonchev–Trinajstić information content (AvgIpc) is 2.92. The number of unbranched alkanes of at least 4 members (excludes halogenated alkanes) is 3. The number of fused-ring (bicyclic) bond motifs is 1. The molecule has 0 amide bonds. The fourth-order valence-electron chi connectivity index (χ4n) is 5.73. The van der Waals surface area contributed by atoms with E-state index in [-0.39, 0.29) is 5.82 Å². The van der Waals surface area contributed by atoms with E-state index in [0.717, 1.165) is 42.0 Å². The Hall–Kier alpha value is -2.59. The van der Waals surface area contributed by atoms with Crippen molar-refractivity contribution in [1.29, 1.82) is 0 Å². The molecule has 0 N–H and O–H groups in total. The van der Waals surface area contributed by atoms with Gasteiger partial charge in [0.05, 0.1) is 5.56 Å². The van der Waals surface area contributed by atoms with Gasteiger partial charge in [-0.15, -0.1) is 0 Å². The minimum Gasteiger partial charge on any atom is -0.205 e. The molecule has 0 aliphatic heterocycles. The van der Waals surface area contributed by atoms with Crippen LogP contribution in [0.4, 0.5) is 4.39 Å². The lowest BCUT2D eigenvalue weighted by Gasteiger charge is -2.28. The molecule has 3 aromatic carbocycles. The predicted octanol–water partition coefficient (Wildman–Crippen LogP) is 10.0. The Morgan fingerprint density at radius 3 is 2.11 bits per heavy atom. The second kappa shape index (κ2) is 13.6. The van der Waals surface area contributed by atoms with Crippen molar-refractivity contribution in [3.8, 4) is 11.8 Å². The van der Waals surface area contributed by atoms with Crippen molar-refractivity contribution in [2.75, 3.05) is 0 Å². The van der Waals surface area contributed by atoms with E-state index >= 15 is 4.39 Å². The third-order valence-corrected chi connectivity index (χ3v) is 8.16. The predicted molar refractivity (Wildman–Crippen MR) is 153 cm³/mol. The van der Waals surface area contributed by atoms with Crippen molar-refractivity contribution in [3.63, 3.8) is 0 Å². The molecule has 1 heteroatoms. The zero-order valence-corrected chi connectivity index (χ0v) is 22.4. The number of hydrogen-bond acceptors (Lipinski definition) is 0. The van der Waals surface area contributed by atoms with E-state index < -0.39 is 0 Å². The highest BCUT2D eigenvalue weighted by Gasteiger charge is 2.20. The van der Waals surface area contributed by atoms with E-state index in [0.29, 0.717) is 10.9 Å².